The number of aryl methyl sites for hydroxylation is 1. The molecule has 0 radical (unpaired) electrons. The van der Waals surface area contributed by atoms with Crippen molar-refractivity contribution in [1.29, 1.82) is 0 Å². The smallest absolute Gasteiger partial charge is 0.107 e. The van der Waals surface area contributed by atoms with Gasteiger partial charge in [-0.2, -0.15) is 0 Å². The fraction of sp³-hybridized carbons (Fsp3) is 0.300. The molecule has 2 rings (SSSR count). The molecule has 2 aromatic rings. The van der Waals surface area contributed by atoms with Gasteiger partial charge in [0.2, 0.25) is 0 Å². The van der Waals surface area contributed by atoms with E-state index in [0.29, 0.717) is 0 Å². The highest BCUT2D eigenvalue weighted by Gasteiger charge is 1.96. The summed E-state index contributed by atoms with van der Waals surface area (Å²) in [4.78, 5) is 12.3. The third kappa shape index (κ3) is 1.99. The summed E-state index contributed by atoms with van der Waals surface area (Å²) >= 11 is 0. The normalized spacial score (nSPS) is 9.15. The second-order valence-corrected chi connectivity index (χ2v) is 2.38. The maximum atomic E-state index is 4.18. The quantitative estimate of drug-likeness (QED) is 0.617. The van der Waals surface area contributed by atoms with Crippen LogP contribution in [-0.4, -0.2) is 15.0 Å². The molecule has 0 atom stereocenters. The van der Waals surface area contributed by atoms with Gasteiger partial charge in [0.05, 0.1) is 11.7 Å². The zero-order valence-electron chi connectivity index (χ0n) is 8.15. The van der Waals surface area contributed by atoms with Gasteiger partial charge in [-0.05, 0) is 12.5 Å². The first-order valence-corrected chi connectivity index (χ1v) is 4.39. The number of fused-ring (bicyclic) bond motifs is 1. The van der Waals surface area contributed by atoms with Gasteiger partial charge in [0.1, 0.15) is 5.52 Å². The molecular weight excluding hydrogens is 162 g/mol. The van der Waals surface area contributed by atoms with Crippen LogP contribution in [0.1, 0.15) is 19.4 Å². The first kappa shape index (κ1) is 9.58. The van der Waals surface area contributed by atoms with Gasteiger partial charge in [-0.25, -0.2) is 0 Å². The van der Waals surface area contributed by atoms with Crippen molar-refractivity contribution < 1.29 is 0 Å². The average molecular weight is 175 g/mol. The lowest BCUT2D eigenvalue weighted by atomic mass is 10.3. The fourth-order valence-corrected chi connectivity index (χ4v) is 1.03. The van der Waals surface area contributed by atoms with Crippen LogP contribution in [0.2, 0.25) is 0 Å². The third-order valence-corrected chi connectivity index (χ3v) is 1.57. The Morgan fingerprint density at radius 3 is 2.38 bits per heavy atom. The largest absolute Gasteiger partial charge is 0.262 e. The van der Waals surface area contributed by atoms with Gasteiger partial charge in [-0.1, -0.05) is 13.8 Å². The van der Waals surface area contributed by atoms with Crippen LogP contribution in [0.5, 0.6) is 0 Å². The highest BCUT2D eigenvalue weighted by atomic mass is 14.8. The molecule has 0 bridgehead atoms. The molecule has 2 heterocycles. The molecule has 0 aromatic carbocycles. The Kier molecular flexibility index (Phi) is 3.31. The molecule has 0 spiro atoms. The van der Waals surface area contributed by atoms with E-state index in [2.05, 4.69) is 15.0 Å². The van der Waals surface area contributed by atoms with Crippen molar-refractivity contribution in [2.75, 3.05) is 0 Å². The van der Waals surface area contributed by atoms with E-state index in [1.54, 1.807) is 24.8 Å². The molecule has 0 fully saturated rings. The predicted molar refractivity (Wildman–Crippen MR) is 53.4 cm³/mol. The maximum absolute atomic E-state index is 4.18. The number of aromatic nitrogens is 3. The number of nitrogens with zero attached hydrogens (tertiary/aromatic N) is 3. The summed E-state index contributed by atoms with van der Waals surface area (Å²) in [5.74, 6) is 0. The lowest BCUT2D eigenvalue weighted by molar-refractivity contribution is 1.22. The van der Waals surface area contributed by atoms with Crippen LogP contribution in [0.15, 0.2) is 24.8 Å². The van der Waals surface area contributed by atoms with E-state index < -0.39 is 0 Å². The summed E-state index contributed by atoms with van der Waals surface area (Å²) in [7, 11) is 0. The van der Waals surface area contributed by atoms with Crippen molar-refractivity contribution in [2.24, 2.45) is 0 Å². The Morgan fingerprint density at radius 1 is 1.00 bits per heavy atom. The van der Waals surface area contributed by atoms with Crippen molar-refractivity contribution >= 4 is 11.0 Å². The van der Waals surface area contributed by atoms with E-state index in [-0.39, 0.29) is 0 Å². The van der Waals surface area contributed by atoms with E-state index in [9.17, 15) is 0 Å². The van der Waals surface area contributed by atoms with Crippen LogP contribution in [0.25, 0.3) is 11.0 Å². The van der Waals surface area contributed by atoms with E-state index >= 15 is 0 Å². The average Bonchev–Trinajstić information content (AvgIpc) is 2.22. The van der Waals surface area contributed by atoms with Gasteiger partial charge in [0.15, 0.2) is 0 Å². The van der Waals surface area contributed by atoms with Gasteiger partial charge in [-0.15, -0.1) is 0 Å². The van der Waals surface area contributed by atoms with Crippen LogP contribution in [0.3, 0.4) is 0 Å². The summed E-state index contributed by atoms with van der Waals surface area (Å²) in [6.07, 6.45) is 6.87. The molecule has 2 aromatic heterocycles. The summed E-state index contributed by atoms with van der Waals surface area (Å²) in [6, 6.07) is 0. The molecule has 68 valence electrons. The number of rotatable bonds is 0. The van der Waals surface area contributed by atoms with Crippen molar-refractivity contribution in [3.05, 3.63) is 30.4 Å². The molecule has 0 saturated heterocycles. The molecule has 0 saturated carbocycles. The molecule has 3 heteroatoms. The zero-order valence-corrected chi connectivity index (χ0v) is 8.15. The first-order chi connectivity index (χ1) is 6.38. The lowest BCUT2D eigenvalue weighted by Crippen LogP contribution is -1.86. The second-order valence-electron chi connectivity index (χ2n) is 2.38. The van der Waals surface area contributed by atoms with Crippen LogP contribution < -0.4 is 0 Å². The first-order valence-electron chi connectivity index (χ1n) is 4.39. The van der Waals surface area contributed by atoms with E-state index in [1.165, 1.54) is 0 Å². The highest BCUT2D eigenvalue weighted by molar-refractivity contribution is 5.75. The summed E-state index contributed by atoms with van der Waals surface area (Å²) in [6.45, 7) is 5.98. The Morgan fingerprint density at radius 2 is 1.69 bits per heavy atom. The fourth-order valence-electron chi connectivity index (χ4n) is 1.03. The number of pyridine rings is 1. The third-order valence-electron chi connectivity index (χ3n) is 1.57. The summed E-state index contributed by atoms with van der Waals surface area (Å²) in [5.41, 5.74) is 2.85. The molecule has 0 N–H and O–H groups in total. The van der Waals surface area contributed by atoms with Crippen LogP contribution in [0.4, 0.5) is 0 Å². The Labute approximate surface area is 77.9 Å². The Bertz CT molecular complexity index is 379. The number of hydrogen-bond donors (Lipinski definition) is 0. The molecule has 0 aliphatic carbocycles. The van der Waals surface area contributed by atoms with E-state index in [4.69, 9.17) is 0 Å². The monoisotopic (exact) mass is 175 g/mol. The van der Waals surface area contributed by atoms with Gasteiger partial charge < -0.3 is 0 Å². The van der Waals surface area contributed by atoms with Gasteiger partial charge in [0.25, 0.3) is 0 Å². The molecule has 3 nitrogen and oxygen atoms in total. The van der Waals surface area contributed by atoms with E-state index in [1.807, 2.05) is 20.8 Å². The van der Waals surface area contributed by atoms with Gasteiger partial charge in [-0.3, -0.25) is 15.0 Å². The van der Waals surface area contributed by atoms with Crippen LogP contribution in [0, 0.1) is 6.92 Å². The molecule has 0 aliphatic rings. The van der Waals surface area contributed by atoms with E-state index in [0.717, 1.165) is 16.6 Å². The SMILES string of the molecule is CC.Cc1cncc2nccnc12. The molecular formula is C10H13N3. The number of hydrogen-bond acceptors (Lipinski definition) is 3. The standard InChI is InChI=1S/C8H7N3.C2H6/c1-6-4-9-5-7-8(6)11-3-2-10-7;1-2/h2-5H,1H3;1-2H3. The second kappa shape index (κ2) is 4.50. The molecule has 0 amide bonds. The topological polar surface area (TPSA) is 38.7 Å². The van der Waals surface area contributed by atoms with Crippen molar-refractivity contribution in [1.82, 2.24) is 15.0 Å². The Hall–Kier alpha value is -1.51. The van der Waals surface area contributed by atoms with Crippen LogP contribution >= 0.6 is 0 Å². The van der Waals surface area contributed by atoms with Crippen LogP contribution in [-0.2, 0) is 0 Å². The summed E-state index contributed by atoms with van der Waals surface area (Å²) < 4.78 is 0. The summed E-state index contributed by atoms with van der Waals surface area (Å²) in [5, 5.41) is 0. The maximum Gasteiger partial charge on any atom is 0.107 e. The predicted octanol–water partition coefficient (Wildman–Crippen LogP) is 2.36. The highest BCUT2D eigenvalue weighted by Crippen LogP contribution is 2.09. The van der Waals surface area contributed by atoms with Crippen molar-refractivity contribution in [3.63, 3.8) is 0 Å². The molecule has 13 heavy (non-hydrogen) atoms. The minimum absolute atomic E-state index is 0.854. The molecule has 0 unspecified atom stereocenters. The van der Waals surface area contributed by atoms with Gasteiger partial charge in [0, 0.05) is 18.6 Å². The Balaban J connectivity index is 0.000000396. The van der Waals surface area contributed by atoms with Crippen molar-refractivity contribution in [2.45, 2.75) is 20.8 Å². The molecule has 0 aliphatic heterocycles. The van der Waals surface area contributed by atoms with Crippen molar-refractivity contribution in [3.8, 4) is 0 Å². The minimum Gasteiger partial charge on any atom is -0.262 e. The lowest BCUT2D eigenvalue weighted by Gasteiger charge is -1.96. The zero-order chi connectivity index (χ0) is 9.68. The van der Waals surface area contributed by atoms with Gasteiger partial charge >= 0.3 is 0 Å². The minimum atomic E-state index is 0.854.